The van der Waals surface area contributed by atoms with Crippen molar-refractivity contribution in [2.75, 3.05) is 25.1 Å². The third-order valence-corrected chi connectivity index (χ3v) is 4.86. The number of hydrogen-bond acceptors (Lipinski definition) is 2. The summed E-state index contributed by atoms with van der Waals surface area (Å²) in [5.41, 5.74) is 0.388. The van der Waals surface area contributed by atoms with Gasteiger partial charge >= 0.3 is 0 Å². The molecule has 1 rings (SSSR count). The average molecular weight is 253 g/mol. The number of carbonyl (C=O) groups excluding carboxylic acids is 1. The Kier molecular flexibility index (Phi) is 5.39. The molecule has 0 aromatic heterocycles. The van der Waals surface area contributed by atoms with E-state index in [2.05, 4.69) is 31.9 Å². The van der Waals surface area contributed by atoms with E-state index in [1.165, 1.54) is 5.75 Å². The van der Waals surface area contributed by atoms with Crippen LogP contribution in [0.2, 0.25) is 0 Å². The van der Waals surface area contributed by atoms with Crippen molar-refractivity contribution in [1.29, 1.82) is 0 Å². The van der Waals surface area contributed by atoms with Crippen molar-refractivity contribution in [3.63, 3.8) is 0 Å². The van der Waals surface area contributed by atoms with Crippen LogP contribution in [0.1, 0.15) is 33.6 Å². The van der Waals surface area contributed by atoms with Gasteiger partial charge in [0.25, 0.3) is 5.91 Å². The van der Waals surface area contributed by atoms with Gasteiger partial charge in [-0.2, -0.15) is 11.8 Å². The largest absolute Gasteiger partial charge is 0.332 e. The Morgan fingerprint density at radius 3 is 2.53 bits per heavy atom. The molecule has 1 heterocycles. The van der Waals surface area contributed by atoms with Gasteiger partial charge in [0.1, 0.15) is 0 Å². The van der Waals surface area contributed by atoms with Crippen molar-refractivity contribution in [3.8, 4) is 11.8 Å². The molecule has 2 nitrogen and oxygen atoms in total. The molecule has 0 N–H and O–H groups in total. The molecule has 3 heteroatoms. The van der Waals surface area contributed by atoms with Crippen LogP contribution in [0.15, 0.2) is 0 Å². The fourth-order valence-electron chi connectivity index (χ4n) is 2.35. The van der Waals surface area contributed by atoms with E-state index >= 15 is 0 Å². The van der Waals surface area contributed by atoms with Crippen molar-refractivity contribution in [2.24, 2.45) is 11.3 Å². The van der Waals surface area contributed by atoms with Crippen LogP contribution in [-0.2, 0) is 4.79 Å². The summed E-state index contributed by atoms with van der Waals surface area (Å²) in [6, 6.07) is 0. The molecule has 0 aliphatic carbocycles. The lowest BCUT2D eigenvalue weighted by Crippen LogP contribution is -2.44. The SMILES string of the molecule is CC#CC(=O)N1CCC(C)(C(C)CSC)CC1. The summed E-state index contributed by atoms with van der Waals surface area (Å²) < 4.78 is 0. The van der Waals surface area contributed by atoms with Crippen LogP contribution in [0.25, 0.3) is 0 Å². The second kappa shape index (κ2) is 6.35. The topological polar surface area (TPSA) is 20.3 Å². The van der Waals surface area contributed by atoms with E-state index in [4.69, 9.17) is 0 Å². The summed E-state index contributed by atoms with van der Waals surface area (Å²) in [5, 5.41) is 0. The molecular formula is C14H23NOS. The molecule has 0 radical (unpaired) electrons. The van der Waals surface area contributed by atoms with Gasteiger partial charge < -0.3 is 4.90 Å². The number of likely N-dealkylation sites (tertiary alicyclic amines) is 1. The molecule has 1 saturated heterocycles. The third kappa shape index (κ3) is 3.67. The number of amides is 1. The number of rotatable bonds is 3. The summed E-state index contributed by atoms with van der Waals surface area (Å²) in [6.45, 7) is 8.14. The molecule has 0 spiro atoms. The van der Waals surface area contributed by atoms with Gasteiger partial charge in [-0.05, 0) is 49.0 Å². The molecule has 1 aliphatic heterocycles. The van der Waals surface area contributed by atoms with Gasteiger partial charge in [-0.15, -0.1) is 0 Å². The molecule has 1 aliphatic rings. The molecule has 1 amide bonds. The molecule has 1 atom stereocenters. The minimum absolute atomic E-state index is 0.00734. The maximum absolute atomic E-state index is 11.7. The standard InChI is InChI=1S/C14H23NOS/c1-5-6-13(16)15-9-7-14(3,8-10-15)12(2)11-17-4/h12H,7-11H2,1-4H3. The summed E-state index contributed by atoms with van der Waals surface area (Å²) in [6.07, 6.45) is 4.37. The Morgan fingerprint density at radius 1 is 1.47 bits per heavy atom. The summed E-state index contributed by atoms with van der Waals surface area (Å²) in [5.74, 6) is 7.23. The zero-order valence-corrected chi connectivity index (χ0v) is 12.2. The first kappa shape index (κ1) is 14.4. The average Bonchev–Trinajstić information content (AvgIpc) is 2.30. The first-order chi connectivity index (χ1) is 8.03. The number of thioether (sulfide) groups is 1. The highest BCUT2D eigenvalue weighted by molar-refractivity contribution is 7.98. The Hall–Kier alpha value is -0.620. The summed E-state index contributed by atoms with van der Waals surface area (Å²) >= 11 is 1.91. The van der Waals surface area contributed by atoms with Crippen LogP contribution in [0.5, 0.6) is 0 Å². The minimum Gasteiger partial charge on any atom is -0.332 e. The number of hydrogen-bond donors (Lipinski definition) is 0. The third-order valence-electron chi connectivity index (χ3n) is 4.03. The molecule has 0 aromatic rings. The quantitative estimate of drug-likeness (QED) is 0.721. The molecule has 1 fully saturated rings. The Bertz CT molecular complexity index is 321. The van der Waals surface area contributed by atoms with Crippen molar-refractivity contribution in [2.45, 2.75) is 33.6 Å². The Labute approximate surface area is 110 Å². The fraction of sp³-hybridized carbons (Fsp3) is 0.786. The van der Waals surface area contributed by atoms with Gasteiger partial charge in [-0.1, -0.05) is 19.8 Å². The highest BCUT2D eigenvalue weighted by atomic mass is 32.2. The van der Waals surface area contributed by atoms with E-state index < -0.39 is 0 Å². The second-order valence-corrected chi connectivity index (χ2v) is 6.09. The summed E-state index contributed by atoms with van der Waals surface area (Å²) in [4.78, 5) is 13.5. The molecule has 96 valence electrons. The van der Waals surface area contributed by atoms with Crippen LogP contribution in [-0.4, -0.2) is 35.9 Å². The van der Waals surface area contributed by atoms with E-state index in [0.29, 0.717) is 11.3 Å². The van der Waals surface area contributed by atoms with E-state index in [1.807, 2.05) is 16.7 Å². The number of piperidine rings is 1. The van der Waals surface area contributed by atoms with Gasteiger partial charge in [0.15, 0.2) is 0 Å². The monoisotopic (exact) mass is 253 g/mol. The predicted octanol–water partition coefficient (Wildman–Crippen LogP) is 2.64. The van der Waals surface area contributed by atoms with Gasteiger partial charge in [-0.25, -0.2) is 0 Å². The maximum Gasteiger partial charge on any atom is 0.298 e. The molecule has 0 saturated carbocycles. The predicted molar refractivity (Wildman–Crippen MR) is 74.9 cm³/mol. The second-order valence-electron chi connectivity index (χ2n) is 5.18. The minimum atomic E-state index is -0.00734. The normalized spacial score (nSPS) is 20.4. The van der Waals surface area contributed by atoms with Crippen LogP contribution < -0.4 is 0 Å². The Balaban J connectivity index is 2.54. The number of carbonyl (C=O) groups is 1. The van der Waals surface area contributed by atoms with Crippen LogP contribution in [0.3, 0.4) is 0 Å². The van der Waals surface area contributed by atoms with Crippen LogP contribution in [0, 0.1) is 23.2 Å². The molecular weight excluding hydrogens is 230 g/mol. The van der Waals surface area contributed by atoms with E-state index in [1.54, 1.807) is 6.92 Å². The van der Waals surface area contributed by atoms with Gasteiger partial charge in [0, 0.05) is 13.1 Å². The van der Waals surface area contributed by atoms with E-state index in [0.717, 1.165) is 25.9 Å². The van der Waals surface area contributed by atoms with Crippen molar-refractivity contribution in [1.82, 2.24) is 4.90 Å². The van der Waals surface area contributed by atoms with E-state index in [9.17, 15) is 4.79 Å². The number of nitrogens with zero attached hydrogens (tertiary/aromatic N) is 1. The lowest BCUT2D eigenvalue weighted by atomic mass is 9.72. The highest BCUT2D eigenvalue weighted by Gasteiger charge is 2.35. The van der Waals surface area contributed by atoms with Crippen LogP contribution in [0.4, 0.5) is 0 Å². The lowest BCUT2D eigenvalue weighted by Gasteiger charge is -2.42. The molecule has 17 heavy (non-hydrogen) atoms. The molecule has 0 aromatic carbocycles. The first-order valence-corrected chi connectivity index (χ1v) is 7.63. The summed E-state index contributed by atoms with van der Waals surface area (Å²) in [7, 11) is 0. The van der Waals surface area contributed by atoms with Crippen molar-refractivity contribution < 1.29 is 4.79 Å². The van der Waals surface area contributed by atoms with Crippen molar-refractivity contribution in [3.05, 3.63) is 0 Å². The lowest BCUT2D eigenvalue weighted by molar-refractivity contribution is -0.127. The van der Waals surface area contributed by atoms with Crippen LogP contribution >= 0.6 is 11.8 Å². The van der Waals surface area contributed by atoms with Crippen molar-refractivity contribution >= 4 is 17.7 Å². The smallest absolute Gasteiger partial charge is 0.298 e. The van der Waals surface area contributed by atoms with E-state index in [-0.39, 0.29) is 5.91 Å². The molecule has 1 unspecified atom stereocenters. The zero-order chi connectivity index (χ0) is 12.9. The highest BCUT2D eigenvalue weighted by Crippen LogP contribution is 2.39. The first-order valence-electron chi connectivity index (χ1n) is 6.24. The zero-order valence-electron chi connectivity index (χ0n) is 11.4. The van der Waals surface area contributed by atoms with Gasteiger partial charge in [0.05, 0.1) is 0 Å². The van der Waals surface area contributed by atoms with Gasteiger partial charge in [0.2, 0.25) is 0 Å². The molecule has 0 bridgehead atoms. The fourth-order valence-corrected chi connectivity index (χ4v) is 3.25. The van der Waals surface area contributed by atoms with Gasteiger partial charge in [-0.3, -0.25) is 4.79 Å². The maximum atomic E-state index is 11.7. The Morgan fingerprint density at radius 2 is 2.06 bits per heavy atom.